The summed E-state index contributed by atoms with van der Waals surface area (Å²) in [7, 11) is 0. The van der Waals surface area contributed by atoms with Gasteiger partial charge in [-0.25, -0.2) is 0 Å². The van der Waals surface area contributed by atoms with Gasteiger partial charge in [-0.1, -0.05) is 24.3 Å². The molecule has 0 bridgehead atoms. The molecule has 0 heterocycles. The SMILES string of the molecule is O=C1C(=O)c2ccccc2C=C1CCO. The fourth-order valence-electron chi connectivity index (χ4n) is 1.66. The maximum absolute atomic E-state index is 11.6. The number of aliphatic hydroxyl groups excluding tert-OH is 1. The lowest BCUT2D eigenvalue weighted by Crippen LogP contribution is -2.21. The average molecular weight is 202 g/mol. The quantitative estimate of drug-likeness (QED) is 0.733. The Morgan fingerprint density at radius 2 is 1.80 bits per heavy atom. The van der Waals surface area contributed by atoms with Crippen LogP contribution in [-0.2, 0) is 4.79 Å². The first kappa shape index (κ1) is 9.80. The molecule has 0 radical (unpaired) electrons. The van der Waals surface area contributed by atoms with Crippen LogP contribution in [0.15, 0.2) is 29.8 Å². The number of ketones is 2. The lowest BCUT2D eigenvalue weighted by molar-refractivity contribution is -0.112. The van der Waals surface area contributed by atoms with Crippen molar-refractivity contribution in [1.29, 1.82) is 0 Å². The predicted molar refractivity (Wildman–Crippen MR) is 55.5 cm³/mol. The molecule has 1 N–H and O–H groups in total. The molecule has 1 aliphatic carbocycles. The molecule has 0 spiro atoms. The highest BCUT2D eigenvalue weighted by atomic mass is 16.3. The molecule has 0 saturated carbocycles. The molecule has 15 heavy (non-hydrogen) atoms. The van der Waals surface area contributed by atoms with Crippen LogP contribution < -0.4 is 0 Å². The molecule has 0 aromatic heterocycles. The van der Waals surface area contributed by atoms with Crippen molar-refractivity contribution in [3.63, 3.8) is 0 Å². The van der Waals surface area contributed by atoms with Crippen molar-refractivity contribution in [2.24, 2.45) is 0 Å². The average Bonchev–Trinajstić information content (AvgIpc) is 2.26. The Bertz CT molecular complexity index is 458. The van der Waals surface area contributed by atoms with Crippen LogP contribution in [0.3, 0.4) is 0 Å². The second-order valence-electron chi connectivity index (χ2n) is 3.39. The molecule has 1 aromatic carbocycles. The number of Topliss-reactive ketones (excluding diaryl/α,β-unsaturated/α-hetero) is 2. The summed E-state index contributed by atoms with van der Waals surface area (Å²) in [5.74, 6) is -0.973. The summed E-state index contributed by atoms with van der Waals surface area (Å²) in [5.41, 5.74) is 1.59. The molecule has 2 rings (SSSR count). The van der Waals surface area contributed by atoms with Gasteiger partial charge in [0.15, 0.2) is 0 Å². The Morgan fingerprint density at radius 1 is 1.07 bits per heavy atom. The number of rotatable bonds is 2. The summed E-state index contributed by atoms with van der Waals surface area (Å²) in [5, 5.41) is 8.77. The van der Waals surface area contributed by atoms with E-state index in [0.717, 1.165) is 5.56 Å². The van der Waals surface area contributed by atoms with E-state index in [9.17, 15) is 9.59 Å². The molecule has 3 heteroatoms. The Balaban J connectivity index is 2.52. The van der Waals surface area contributed by atoms with E-state index in [0.29, 0.717) is 11.1 Å². The van der Waals surface area contributed by atoms with Gasteiger partial charge in [-0.3, -0.25) is 9.59 Å². The van der Waals surface area contributed by atoms with E-state index in [4.69, 9.17) is 5.11 Å². The van der Waals surface area contributed by atoms with Gasteiger partial charge in [-0.05, 0) is 18.1 Å². The van der Waals surface area contributed by atoms with Gasteiger partial charge >= 0.3 is 0 Å². The molecular weight excluding hydrogens is 192 g/mol. The molecule has 0 fully saturated rings. The third kappa shape index (κ3) is 1.62. The second-order valence-corrected chi connectivity index (χ2v) is 3.39. The number of benzene rings is 1. The summed E-state index contributed by atoms with van der Waals surface area (Å²) < 4.78 is 0. The van der Waals surface area contributed by atoms with Crippen LogP contribution in [0, 0.1) is 0 Å². The van der Waals surface area contributed by atoms with Crippen LogP contribution in [0.1, 0.15) is 22.3 Å². The third-order valence-corrected chi connectivity index (χ3v) is 2.41. The smallest absolute Gasteiger partial charge is 0.233 e. The number of carbonyl (C=O) groups is 2. The minimum absolute atomic E-state index is 0.118. The predicted octanol–water partition coefficient (Wildman–Crippen LogP) is 1.22. The zero-order chi connectivity index (χ0) is 10.8. The van der Waals surface area contributed by atoms with Crippen LogP contribution in [-0.4, -0.2) is 23.3 Å². The number of hydrogen-bond acceptors (Lipinski definition) is 3. The highest BCUT2D eigenvalue weighted by molar-refractivity contribution is 6.51. The fraction of sp³-hybridized carbons (Fsp3) is 0.167. The van der Waals surface area contributed by atoms with Crippen molar-refractivity contribution in [3.05, 3.63) is 41.0 Å². The summed E-state index contributed by atoms with van der Waals surface area (Å²) in [6.07, 6.45) is 1.91. The number of hydrogen-bond donors (Lipinski definition) is 1. The maximum atomic E-state index is 11.6. The van der Waals surface area contributed by atoms with Crippen molar-refractivity contribution in [3.8, 4) is 0 Å². The highest BCUT2D eigenvalue weighted by Crippen LogP contribution is 2.22. The van der Waals surface area contributed by atoms with Crippen LogP contribution in [0.25, 0.3) is 6.08 Å². The first-order valence-corrected chi connectivity index (χ1v) is 4.73. The van der Waals surface area contributed by atoms with Crippen LogP contribution >= 0.6 is 0 Å². The molecular formula is C12H10O3. The van der Waals surface area contributed by atoms with E-state index >= 15 is 0 Å². The van der Waals surface area contributed by atoms with Gasteiger partial charge < -0.3 is 5.11 Å². The maximum Gasteiger partial charge on any atom is 0.233 e. The van der Waals surface area contributed by atoms with Crippen molar-refractivity contribution < 1.29 is 14.7 Å². The largest absolute Gasteiger partial charge is 0.396 e. The number of aliphatic hydroxyl groups is 1. The molecule has 0 atom stereocenters. The standard InChI is InChI=1S/C12H10O3/c13-6-5-9-7-8-3-1-2-4-10(8)12(15)11(9)14/h1-4,7,13H,5-6H2. The minimum Gasteiger partial charge on any atom is -0.396 e. The Kier molecular flexibility index (Phi) is 2.47. The summed E-state index contributed by atoms with van der Waals surface area (Å²) in [6.45, 7) is -0.118. The van der Waals surface area contributed by atoms with E-state index in [2.05, 4.69) is 0 Å². The Labute approximate surface area is 87.0 Å². The van der Waals surface area contributed by atoms with Gasteiger partial charge in [0.05, 0.1) is 0 Å². The Morgan fingerprint density at radius 3 is 2.53 bits per heavy atom. The Hall–Kier alpha value is -1.74. The van der Waals surface area contributed by atoms with E-state index in [1.54, 1.807) is 24.3 Å². The summed E-state index contributed by atoms with van der Waals surface area (Å²) >= 11 is 0. The van der Waals surface area contributed by atoms with Gasteiger partial charge in [0.1, 0.15) is 0 Å². The van der Waals surface area contributed by atoms with E-state index in [-0.39, 0.29) is 13.0 Å². The van der Waals surface area contributed by atoms with E-state index in [1.807, 2.05) is 6.07 Å². The number of fused-ring (bicyclic) bond motifs is 1. The summed E-state index contributed by atoms with van der Waals surface area (Å²) in [6, 6.07) is 6.97. The zero-order valence-electron chi connectivity index (χ0n) is 8.06. The van der Waals surface area contributed by atoms with Gasteiger partial charge in [0.25, 0.3) is 0 Å². The molecule has 0 saturated heterocycles. The monoisotopic (exact) mass is 202 g/mol. The third-order valence-electron chi connectivity index (χ3n) is 2.41. The second kappa shape index (κ2) is 3.79. The highest BCUT2D eigenvalue weighted by Gasteiger charge is 2.26. The van der Waals surface area contributed by atoms with Gasteiger partial charge in [-0.2, -0.15) is 0 Å². The van der Waals surface area contributed by atoms with Crippen molar-refractivity contribution >= 4 is 17.6 Å². The van der Waals surface area contributed by atoms with Crippen molar-refractivity contribution in [2.45, 2.75) is 6.42 Å². The molecule has 3 nitrogen and oxygen atoms in total. The van der Waals surface area contributed by atoms with Gasteiger partial charge in [0.2, 0.25) is 11.6 Å². The van der Waals surface area contributed by atoms with Crippen LogP contribution in [0.2, 0.25) is 0 Å². The van der Waals surface area contributed by atoms with Crippen LogP contribution in [0.5, 0.6) is 0 Å². The van der Waals surface area contributed by atoms with E-state index < -0.39 is 11.6 Å². The fourth-order valence-corrected chi connectivity index (χ4v) is 1.66. The molecule has 1 aliphatic rings. The first-order chi connectivity index (χ1) is 7.24. The molecule has 1 aromatic rings. The molecule has 76 valence electrons. The van der Waals surface area contributed by atoms with Crippen LogP contribution in [0.4, 0.5) is 0 Å². The molecule has 0 aliphatic heterocycles. The minimum atomic E-state index is -0.497. The molecule has 0 amide bonds. The van der Waals surface area contributed by atoms with Crippen molar-refractivity contribution in [1.82, 2.24) is 0 Å². The lowest BCUT2D eigenvalue weighted by atomic mass is 9.89. The molecule has 0 unspecified atom stereocenters. The summed E-state index contributed by atoms with van der Waals surface area (Å²) in [4.78, 5) is 23.2. The zero-order valence-corrected chi connectivity index (χ0v) is 8.06. The number of carbonyl (C=O) groups excluding carboxylic acids is 2. The normalized spacial score (nSPS) is 14.9. The lowest BCUT2D eigenvalue weighted by Gasteiger charge is -2.13. The van der Waals surface area contributed by atoms with Crippen molar-refractivity contribution in [2.75, 3.05) is 6.61 Å². The first-order valence-electron chi connectivity index (χ1n) is 4.73. The van der Waals surface area contributed by atoms with Gasteiger partial charge in [-0.15, -0.1) is 0 Å². The van der Waals surface area contributed by atoms with Gasteiger partial charge in [0, 0.05) is 17.7 Å². The van der Waals surface area contributed by atoms with E-state index in [1.165, 1.54) is 0 Å². The topological polar surface area (TPSA) is 54.4 Å².